The van der Waals surface area contributed by atoms with Crippen molar-refractivity contribution in [3.63, 3.8) is 0 Å². The fraction of sp³-hybridized carbons (Fsp3) is 0.0588. The molecule has 25 heavy (non-hydrogen) atoms. The lowest BCUT2D eigenvalue weighted by Crippen LogP contribution is -2.19. The molecule has 1 amide bonds. The van der Waals surface area contributed by atoms with Gasteiger partial charge in [-0.3, -0.25) is 14.9 Å². The van der Waals surface area contributed by atoms with Crippen LogP contribution in [0, 0.1) is 17.0 Å². The van der Waals surface area contributed by atoms with Crippen molar-refractivity contribution in [2.24, 2.45) is 4.99 Å². The highest BCUT2D eigenvalue weighted by Gasteiger charge is 2.25. The number of benzene rings is 2. The van der Waals surface area contributed by atoms with Crippen LogP contribution in [-0.2, 0) is 4.79 Å². The molecule has 3 rings (SSSR count). The molecule has 1 heterocycles. The lowest BCUT2D eigenvalue weighted by molar-refractivity contribution is -0.385. The van der Waals surface area contributed by atoms with Crippen LogP contribution in [0.2, 0.25) is 5.02 Å². The molecule has 0 radical (unpaired) electrons. The Balaban J connectivity index is 1.92. The normalized spacial score (nSPS) is 17.1. The van der Waals surface area contributed by atoms with Crippen molar-refractivity contribution in [1.29, 1.82) is 0 Å². The molecule has 0 spiro atoms. The van der Waals surface area contributed by atoms with Crippen LogP contribution >= 0.6 is 23.4 Å². The predicted octanol–water partition coefficient (Wildman–Crippen LogP) is 4.45. The molecule has 0 saturated carbocycles. The monoisotopic (exact) mass is 373 g/mol. The van der Waals surface area contributed by atoms with Gasteiger partial charge in [0.05, 0.1) is 21.1 Å². The van der Waals surface area contributed by atoms with Crippen molar-refractivity contribution in [1.82, 2.24) is 5.32 Å². The standard InChI is InChI=1S/C17H12ClN3O3S/c1-10-12(18)6-4-7-13(10)19-17-20-16(22)15(25-17)9-11-5-2-3-8-14(11)21(23)24/h2-9H,1H3,(H,19,20,22)/b15-9+. The summed E-state index contributed by atoms with van der Waals surface area (Å²) in [6.45, 7) is 1.84. The molecule has 1 N–H and O–H groups in total. The first kappa shape index (κ1) is 17.2. The van der Waals surface area contributed by atoms with Gasteiger partial charge in [-0.1, -0.05) is 29.8 Å². The molecular formula is C17H12ClN3O3S. The van der Waals surface area contributed by atoms with Crippen molar-refractivity contribution in [3.8, 4) is 0 Å². The van der Waals surface area contributed by atoms with Gasteiger partial charge < -0.3 is 5.32 Å². The third-order valence-corrected chi connectivity index (χ3v) is 4.85. The molecule has 1 fully saturated rings. The van der Waals surface area contributed by atoms with Gasteiger partial charge in [-0.05, 0) is 48.5 Å². The van der Waals surface area contributed by atoms with Crippen molar-refractivity contribution in [2.45, 2.75) is 6.92 Å². The third kappa shape index (κ3) is 3.72. The summed E-state index contributed by atoms with van der Waals surface area (Å²) in [5, 5.41) is 14.7. The molecule has 6 nitrogen and oxygen atoms in total. The van der Waals surface area contributed by atoms with Gasteiger partial charge >= 0.3 is 0 Å². The number of nitrogens with zero attached hydrogens (tertiary/aromatic N) is 2. The minimum atomic E-state index is -0.478. The Bertz CT molecular complexity index is 940. The van der Waals surface area contributed by atoms with Crippen LogP contribution < -0.4 is 5.32 Å². The quantitative estimate of drug-likeness (QED) is 0.489. The number of nitro benzene ring substituents is 1. The van der Waals surface area contributed by atoms with Gasteiger partial charge in [0.15, 0.2) is 5.17 Å². The number of hydrogen-bond donors (Lipinski definition) is 1. The molecule has 1 aliphatic heterocycles. The average Bonchev–Trinajstić information content (AvgIpc) is 2.91. The smallest absolute Gasteiger partial charge is 0.276 e. The van der Waals surface area contributed by atoms with E-state index >= 15 is 0 Å². The van der Waals surface area contributed by atoms with Gasteiger partial charge in [0, 0.05) is 11.1 Å². The summed E-state index contributed by atoms with van der Waals surface area (Å²) in [6, 6.07) is 11.6. The Hall–Kier alpha value is -2.64. The number of aliphatic imine (C=N–C) groups is 1. The number of para-hydroxylation sites is 1. The molecule has 0 bridgehead atoms. The lowest BCUT2D eigenvalue weighted by Gasteiger charge is -2.02. The largest absolute Gasteiger partial charge is 0.300 e. The van der Waals surface area contributed by atoms with E-state index < -0.39 is 4.92 Å². The number of rotatable bonds is 3. The number of nitro groups is 1. The zero-order valence-corrected chi connectivity index (χ0v) is 14.6. The second-order valence-electron chi connectivity index (χ2n) is 5.18. The van der Waals surface area contributed by atoms with E-state index in [0.717, 1.165) is 17.3 Å². The van der Waals surface area contributed by atoms with Crippen LogP contribution in [0.4, 0.5) is 11.4 Å². The van der Waals surface area contributed by atoms with Gasteiger partial charge in [0.2, 0.25) is 0 Å². The van der Waals surface area contributed by atoms with E-state index in [1.807, 2.05) is 6.92 Å². The third-order valence-electron chi connectivity index (χ3n) is 3.53. The molecule has 8 heteroatoms. The highest BCUT2D eigenvalue weighted by molar-refractivity contribution is 8.18. The minimum Gasteiger partial charge on any atom is -0.300 e. The summed E-state index contributed by atoms with van der Waals surface area (Å²) < 4.78 is 0. The zero-order valence-electron chi connectivity index (χ0n) is 13.0. The van der Waals surface area contributed by atoms with Crippen LogP contribution in [0.25, 0.3) is 6.08 Å². The van der Waals surface area contributed by atoms with Crippen molar-refractivity contribution in [2.75, 3.05) is 0 Å². The number of halogens is 1. The van der Waals surface area contributed by atoms with Crippen LogP contribution in [-0.4, -0.2) is 16.0 Å². The first-order valence-corrected chi connectivity index (χ1v) is 8.43. The first-order valence-electron chi connectivity index (χ1n) is 7.24. The van der Waals surface area contributed by atoms with Gasteiger partial charge in [-0.2, -0.15) is 0 Å². The molecule has 126 valence electrons. The Labute approximate surface area is 152 Å². The summed E-state index contributed by atoms with van der Waals surface area (Å²) in [4.78, 5) is 27.5. The SMILES string of the molecule is Cc1c(Cl)cccc1N=C1NC(=O)/C(=C\c2ccccc2[N+](=O)[O-])S1. The topological polar surface area (TPSA) is 84.6 Å². The van der Waals surface area contributed by atoms with Crippen molar-refractivity contribution in [3.05, 3.63) is 73.6 Å². The van der Waals surface area contributed by atoms with Crippen LogP contribution in [0.5, 0.6) is 0 Å². The highest BCUT2D eigenvalue weighted by atomic mass is 35.5. The second kappa shape index (κ2) is 7.08. The molecule has 1 saturated heterocycles. The minimum absolute atomic E-state index is 0.0560. The summed E-state index contributed by atoms with van der Waals surface area (Å²) >= 11 is 7.20. The summed E-state index contributed by atoms with van der Waals surface area (Å²) in [7, 11) is 0. The predicted molar refractivity (Wildman–Crippen MR) is 100 cm³/mol. The highest BCUT2D eigenvalue weighted by Crippen LogP contribution is 2.32. The fourth-order valence-corrected chi connectivity index (χ4v) is 3.22. The molecular weight excluding hydrogens is 362 g/mol. The van der Waals surface area contributed by atoms with E-state index in [1.54, 1.807) is 36.4 Å². The molecule has 1 aliphatic rings. The summed E-state index contributed by atoms with van der Waals surface area (Å²) in [6.07, 6.45) is 1.49. The number of carbonyl (C=O) groups excluding carboxylic acids is 1. The van der Waals surface area contributed by atoms with Gasteiger partial charge in [-0.15, -0.1) is 0 Å². The van der Waals surface area contributed by atoms with E-state index in [2.05, 4.69) is 10.3 Å². The van der Waals surface area contributed by atoms with E-state index in [0.29, 0.717) is 26.3 Å². The maximum Gasteiger partial charge on any atom is 0.276 e. The fourth-order valence-electron chi connectivity index (χ4n) is 2.22. The molecule has 0 aliphatic carbocycles. The number of amidine groups is 1. The van der Waals surface area contributed by atoms with Crippen molar-refractivity contribution < 1.29 is 9.72 Å². The molecule has 0 unspecified atom stereocenters. The average molecular weight is 374 g/mol. The van der Waals surface area contributed by atoms with E-state index in [9.17, 15) is 14.9 Å². The van der Waals surface area contributed by atoms with E-state index in [4.69, 9.17) is 11.6 Å². The van der Waals surface area contributed by atoms with Crippen molar-refractivity contribution >= 4 is 51.9 Å². The van der Waals surface area contributed by atoms with Crippen LogP contribution in [0.15, 0.2) is 52.4 Å². The van der Waals surface area contributed by atoms with Crippen LogP contribution in [0.3, 0.4) is 0 Å². The second-order valence-corrected chi connectivity index (χ2v) is 6.62. The number of thioether (sulfide) groups is 1. The maximum absolute atomic E-state index is 12.1. The zero-order chi connectivity index (χ0) is 18.0. The molecule has 2 aromatic carbocycles. The van der Waals surface area contributed by atoms with Gasteiger partial charge in [0.25, 0.3) is 11.6 Å². The molecule has 2 aromatic rings. The van der Waals surface area contributed by atoms with Gasteiger partial charge in [-0.25, -0.2) is 4.99 Å². The maximum atomic E-state index is 12.1. The summed E-state index contributed by atoms with van der Waals surface area (Å²) in [5.41, 5.74) is 1.77. The number of amides is 1. The first-order chi connectivity index (χ1) is 12.0. The Morgan fingerprint density at radius 3 is 2.76 bits per heavy atom. The summed E-state index contributed by atoms with van der Waals surface area (Å²) in [5.74, 6) is -0.346. The van der Waals surface area contributed by atoms with Crippen LogP contribution in [0.1, 0.15) is 11.1 Å². The number of hydrogen-bond acceptors (Lipinski definition) is 5. The Morgan fingerprint density at radius 1 is 1.24 bits per heavy atom. The molecule has 0 aromatic heterocycles. The number of carbonyl (C=O) groups is 1. The Morgan fingerprint density at radius 2 is 2.00 bits per heavy atom. The van der Waals surface area contributed by atoms with Gasteiger partial charge in [0.1, 0.15) is 0 Å². The lowest BCUT2D eigenvalue weighted by atomic mass is 10.1. The van der Waals surface area contributed by atoms with E-state index in [-0.39, 0.29) is 11.6 Å². The van der Waals surface area contributed by atoms with E-state index in [1.165, 1.54) is 12.1 Å². The number of nitrogens with one attached hydrogen (secondary N) is 1. The Kier molecular flexibility index (Phi) is 4.87. The molecule has 0 atom stereocenters.